The first-order valence-electron chi connectivity index (χ1n) is 7.05. The summed E-state index contributed by atoms with van der Waals surface area (Å²) in [5.74, 6) is -1.27. The Balaban J connectivity index is 2.79. The molecule has 0 saturated carbocycles. The molecule has 21 heavy (non-hydrogen) atoms. The highest BCUT2D eigenvalue weighted by molar-refractivity contribution is 6.44. The number of halogens is 2. The predicted octanol–water partition coefficient (Wildman–Crippen LogP) is 3.97. The van der Waals surface area contributed by atoms with Crippen molar-refractivity contribution in [2.75, 3.05) is 18.4 Å². The topological polar surface area (TPSA) is 49.4 Å². The van der Waals surface area contributed by atoms with Crippen LogP contribution in [-0.4, -0.2) is 29.8 Å². The van der Waals surface area contributed by atoms with E-state index < -0.39 is 11.8 Å². The lowest BCUT2D eigenvalue weighted by molar-refractivity contribution is -0.143. The van der Waals surface area contributed by atoms with E-state index in [1.54, 1.807) is 23.1 Å². The lowest BCUT2D eigenvalue weighted by atomic mass is 10.2. The van der Waals surface area contributed by atoms with Gasteiger partial charge in [-0.2, -0.15) is 0 Å². The maximum Gasteiger partial charge on any atom is 0.313 e. The lowest BCUT2D eigenvalue weighted by Gasteiger charge is -2.21. The number of nitrogens with zero attached hydrogens (tertiary/aromatic N) is 1. The molecule has 6 heteroatoms. The van der Waals surface area contributed by atoms with Gasteiger partial charge in [0.2, 0.25) is 0 Å². The van der Waals surface area contributed by atoms with Gasteiger partial charge in [-0.15, -0.1) is 0 Å². The second-order valence-corrected chi connectivity index (χ2v) is 5.51. The number of nitrogens with one attached hydrogen (secondary N) is 1. The van der Waals surface area contributed by atoms with E-state index in [4.69, 9.17) is 23.2 Å². The summed E-state index contributed by atoms with van der Waals surface area (Å²) in [5.41, 5.74) is 0.270. The van der Waals surface area contributed by atoms with Gasteiger partial charge in [0.25, 0.3) is 0 Å². The van der Waals surface area contributed by atoms with E-state index in [1.807, 2.05) is 13.8 Å². The number of amides is 2. The Kier molecular flexibility index (Phi) is 7.54. The van der Waals surface area contributed by atoms with Crippen LogP contribution in [0.15, 0.2) is 18.2 Å². The number of carbonyl (C=O) groups is 2. The van der Waals surface area contributed by atoms with Crippen molar-refractivity contribution in [3.05, 3.63) is 28.2 Å². The van der Waals surface area contributed by atoms with Crippen molar-refractivity contribution in [1.29, 1.82) is 0 Å². The smallest absolute Gasteiger partial charge is 0.313 e. The molecule has 0 fully saturated rings. The first-order valence-corrected chi connectivity index (χ1v) is 7.81. The average molecular weight is 331 g/mol. The number of para-hydroxylation sites is 1. The van der Waals surface area contributed by atoms with Gasteiger partial charge in [-0.1, -0.05) is 49.5 Å². The molecular formula is C15H20Cl2N2O2. The zero-order valence-electron chi connectivity index (χ0n) is 12.3. The fourth-order valence-corrected chi connectivity index (χ4v) is 2.35. The molecule has 0 saturated heterocycles. The molecule has 0 radical (unpaired) electrons. The van der Waals surface area contributed by atoms with E-state index in [-0.39, 0.29) is 5.69 Å². The third kappa shape index (κ3) is 5.21. The minimum absolute atomic E-state index is 0.270. The van der Waals surface area contributed by atoms with Crippen LogP contribution in [0.5, 0.6) is 0 Å². The van der Waals surface area contributed by atoms with Gasteiger partial charge in [0.1, 0.15) is 0 Å². The highest BCUT2D eigenvalue weighted by Gasteiger charge is 2.22. The summed E-state index contributed by atoms with van der Waals surface area (Å²) in [7, 11) is 0. The molecular weight excluding hydrogens is 311 g/mol. The highest BCUT2D eigenvalue weighted by Crippen LogP contribution is 2.29. The number of anilines is 1. The summed E-state index contributed by atoms with van der Waals surface area (Å²) in [6.45, 7) is 5.14. The summed E-state index contributed by atoms with van der Waals surface area (Å²) >= 11 is 12.0. The number of rotatable bonds is 6. The molecule has 1 aromatic rings. The first-order chi connectivity index (χ1) is 10.0. The molecule has 1 aromatic carbocycles. The summed E-state index contributed by atoms with van der Waals surface area (Å²) < 4.78 is 0. The molecule has 1 N–H and O–H groups in total. The SMILES string of the molecule is CCCCN(CCC)C(=O)C(=O)Nc1c(Cl)cccc1Cl. The summed E-state index contributed by atoms with van der Waals surface area (Å²) in [4.78, 5) is 25.8. The molecule has 0 aromatic heterocycles. The van der Waals surface area contributed by atoms with E-state index >= 15 is 0 Å². The number of hydrogen-bond acceptors (Lipinski definition) is 2. The van der Waals surface area contributed by atoms with Gasteiger partial charge in [0.05, 0.1) is 15.7 Å². The standard InChI is InChI=1S/C15H20Cl2N2O2/c1-3-5-10-19(9-4-2)15(21)14(20)18-13-11(16)7-6-8-12(13)17/h6-8H,3-5,9-10H2,1-2H3,(H,18,20). The largest absolute Gasteiger partial charge is 0.334 e. The summed E-state index contributed by atoms with van der Waals surface area (Å²) in [5, 5.41) is 3.11. The average Bonchev–Trinajstić information content (AvgIpc) is 2.46. The molecule has 2 amide bonds. The van der Waals surface area contributed by atoms with Crippen LogP contribution in [0.4, 0.5) is 5.69 Å². The Morgan fingerprint density at radius 1 is 1.10 bits per heavy atom. The Morgan fingerprint density at radius 3 is 2.24 bits per heavy atom. The van der Waals surface area contributed by atoms with Gasteiger partial charge in [-0.3, -0.25) is 9.59 Å². The van der Waals surface area contributed by atoms with E-state index in [2.05, 4.69) is 5.32 Å². The molecule has 0 unspecified atom stereocenters. The molecule has 116 valence electrons. The van der Waals surface area contributed by atoms with Crippen molar-refractivity contribution in [3.63, 3.8) is 0 Å². The van der Waals surface area contributed by atoms with Crippen molar-refractivity contribution >= 4 is 40.7 Å². The van der Waals surface area contributed by atoms with Crippen LogP contribution in [-0.2, 0) is 9.59 Å². The van der Waals surface area contributed by atoms with Crippen LogP contribution in [0.25, 0.3) is 0 Å². The minimum atomic E-state index is -0.713. The Bertz CT molecular complexity index is 486. The molecule has 0 aliphatic carbocycles. The zero-order chi connectivity index (χ0) is 15.8. The maximum absolute atomic E-state index is 12.2. The fraction of sp³-hybridized carbons (Fsp3) is 0.467. The molecule has 0 atom stereocenters. The van der Waals surface area contributed by atoms with Crippen molar-refractivity contribution in [2.45, 2.75) is 33.1 Å². The zero-order valence-corrected chi connectivity index (χ0v) is 13.8. The lowest BCUT2D eigenvalue weighted by Crippen LogP contribution is -2.40. The van der Waals surface area contributed by atoms with Crippen molar-refractivity contribution in [1.82, 2.24) is 4.90 Å². The highest BCUT2D eigenvalue weighted by atomic mass is 35.5. The van der Waals surface area contributed by atoms with Gasteiger partial charge in [-0.05, 0) is 25.0 Å². The Hall–Kier alpha value is -1.26. The molecule has 0 spiro atoms. The van der Waals surface area contributed by atoms with Gasteiger partial charge in [-0.25, -0.2) is 0 Å². The summed E-state index contributed by atoms with van der Waals surface area (Å²) in [6.07, 6.45) is 2.63. The second kappa shape index (κ2) is 8.90. The molecule has 1 rings (SSSR count). The fourth-order valence-electron chi connectivity index (χ4n) is 1.86. The Morgan fingerprint density at radius 2 is 1.71 bits per heavy atom. The number of carbonyl (C=O) groups excluding carboxylic acids is 2. The van der Waals surface area contributed by atoms with Gasteiger partial charge in [0, 0.05) is 13.1 Å². The minimum Gasteiger partial charge on any atom is -0.334 e. The van der Waals surface area contributed by atoms with Gasteiger partial charge in [0.15, 0.2) is 0 Å². The van der Waals surface area contributed by atoms with Gasteiger partial charge < -0.3 is 10.2 Å². The predicted molar refractivity (Wildman–Crippen MR) is 86.9 cm³/mol. The van der Waals surface area contributed by atoms with E-state index in [1.165, 1.54) is 0 Å². The normalized spacial score (nSPS) is 10.3. The second-order valence-electron chi connectivity index (χ2n) is 4.70. The number of unbranched alkanes of at least 4 members (excludes halogenated alkanes) is 1. The van der Waals surface area contributed by atoms with E-state index in [0.717, 1.165) is 19.3 Å². The van der Waals surface area contributed by atoms with Crippen LogP contribution in [0.2, 0.25) is 10.0 Å². The Labute approximate surface area is 135 Å². The van der Waals surface area contributed by atoms with Crippen molar-refractivity contribution < 1.29 is 9.59 Å². The quantitative estimate of drug-likeness (QED) is 0.802. The first kappa shape index (κ1) is 17.8. The number of benzene rings is 1. The van der Waals surface area contributed by atoms with Crippen molar-refractivity contribution in [2.24, 2.45) is 0 Å². The van der Waals surface area contributed by atoms with Crippen LogP contribution in [0.1, 0.15) is 33.1 Å². The van der Waals surface area contributed by atoms with Crippen LogP contribution in [0, 0.1) is 0 Å². The van der Waals surface area contributed by atoms with E-state index in [0.29, 0.717) is 23.1 Å². The van der Waals surface area contributed by atoms with Crippen LogP contribution < -0.4 is 5.32 Å². The number of hydrogen-bond donors (Lipinski definition) is 1. The van der Waals surface area contributed by atoms with Crippen LogP contribution in [0.3, 0.4) is 0 Å². The van der Waals surface area contributed by atoms with Crippen molar-refractivity contribution in [3.8, 4) is 0 Å². The maximum atomic E-state index is 12.2. The molecule has 0 bridgehead atoms. The third-order valence-electron chi connectivity index (χ3n) is 2.96. The van der Waals surface area contributed by atoms with Gasteiger partial charge >= 0.3 is 11.8 Å². The molecule has 0 aliphatic rings. The molecule has 0 heterocycles. The molecule has 0 aliphatic heterocycles. The third-order valence-corrected chi connectivity index (χ3v) is 3.59. The van der Waals surface area contributed by atoms with E-state index in [9.17, 15) is 9.59 Å². The molecule has 4 nitrogen and oxygen atoms in total. The van der Waals surface area contributed by atoms with Crippen LogP contribution >= 0.6 is 23.2 Å². The monoisotopic (exact) mass is 330 g/mol. The summed E-state index contributed by atoms with van der Waals surface area (Å²) in [6, 6.07) is 4.88.